The number of amides is 1. The first kappa shape index (κ1) is 20.6. The summed E-state index contributed by atoms with van der Waals surface area (Å²) in [4.78, 5) is 13.9. The number of rotatable bonds is 7. The van der Waals surface area contributed by atoms with E-state index in [4.69, 9.17) is 0 Å². The van der Waals surface area contributed by atoms with E-state index in [-0.39, 0.29) is 18.1 Å². The van der Waals surface area contributed by atoms with Crippen molar-refractivity contribution in [3.8, 4) is 0 Å². The average molecular weight is 375 g/mol. The molecule has 2 heterocycles. The first-order chi connectivity index (χ1) is 11.9. The predicted octanol–water partition coefficient (Wildman–Crippen LogP) is 1.84. The van der Waals surface area contributed by atoms with Crippen molar-refractivity contribution >= 4 is 15.9 Å². The highest BCUT2D eigenvalue weighted by atomic mass is 32.2. The minimum absolute atomic E-state index is 0.0370. The molecule has 2 rings (SSSR count). The number of nitrogens with zero attached hydrogens (tertiary/aromatic N) is 2. The first-order valence-corrected chi connectivity index (χ1v) is 11.4. The second kappa shape index (κ2) is 9.33. The zero-order chi connectivity index (χ0) is 18.4. The Hall–Kier alpha value is -0.660. The van der Waals surface area contributed by atoms with Gasteiger partial charge in [0.05, 0.1) is 11.9 Å². The Morgan fingerprint density at radius 2 is 1.80 bits per heavy atom. The maximum atomic E-state index is 12.6. The minimum Gasteiger partial charge on any atom is -0.391 e. The molecule has 0 radical (unpaired) electrons. The topological polar surface area (TPSA) is 77.9 Å². The summed E-state index contributed by atoms with van der Waals surface area (Å²) in [6.07, 6.45) is 4.79. The Balaban J connectivity index is 1.80. The van der Waals surface area contributed by atoms with E-state index in [1.807, 2.05) is 0 Å². The molecule has 0 aromatic heterocycles. The number of piperidine rings is 2. The van der Waals surface area contributed by atoms with Gasteiger partial charge in [0.25, 0.3) is 0 Å². The van der Waals surface area contributed by atoms with Crippen molar-refractivity contribution in [2.45, 2.75) is 64.9 Å². The molecule has 0 aliphatic carbocycles. The molecule has 0 aromatic rings. The lowest BCUT2D eigenvalue weighted by Gasteiger charge is -2.37. The normalized spacial score (nSPS) is 28.9. The minimum atomic E-state index is -3.28. The smallest absolute Gasteiger partial charge is 0.222 e. The molecule has 0 bridgehead atoms. The standard InChI is InChI=1S/C18H34N2O4S/c1-3-15-9-11-20(13-16(15)4-2)25(23,24)12-6-8-18(22)19-10-5-7-17(21)14-19/h15-17,21H,3-14H2,1-2H3/t15?,16?,17-/m1/s1. The maximum Gasteiger partial charge on any atom is 0.222 e. The number of aliphatic hydroxyl groups is 1. The fraction of sp³-hybridized carbons (Fsp3) is 0.944. The molecule has 0 saturated carbocycles. The molecular weight excluding hydrogens is 340 g/mol. The number of hydrogen-bond donors (Lipinski definition) is 1. The van der Waals surface area contributed by atoms with Crippen LogP contribution in [0.1, 0.15) is 58.8 Å². The van der Waals surface area contributed by atoms with Crippen LogP contribution in [0.5, 0.6) is 0 Å². The molecule has 2 unspecified atom stereocenters. The van der Waals surface area contributed by atoms with Gasteiger partial charge in [0.1, 0.15) is 0 Å². The third-order valence-corrected chi connectivity index (χ3v) is 7.76. The second-order valence-corrected chi connectivity index (χ2v) is 9.63. The second-order valence-electron chi connectivity index (χ2n) is 7.54. The summed E-state index contributed by atoms with van der Waals surface area (Å²) in [6.45, 7) is 6.61. The van der Waals surface area contributed by atoms with Gasteiger partial charge in [-0.1, -0.05) is 26.7 Å². The highest BCUT2D eigenvalue weighted by Gasteiger charge is 2.33. The Morgan fingerprint density at radius 1 is 1.08 bits per heavy atom. The van der Waals surface area contributed by atoms with Crippen LogP contribution < -0.4 is 0 Å². The van der Waals surface area contributed by atoms with E-state index in [9.17, 15) is 18.3 Å². The van der Waals surface area contributed by atoms with Gasteiger partial charge < -0.3 is 10.0 Å². The van der Waals surface area contributed by atoms with Gasteiger partial charge in [-0.2, -0.15) is 0 Å². The predicted molar refractivity (Wildman–Crippen MR) is 98.6 cm³/mol. The first-order valence-electron chi connectivity index (χ1n) is 9.81. The molecule has 2 fully saturated rings. The average Bonchev–Trinajstić information content (AvgIpc) is 2.60. The van der Waals surface area contributed by atoms with Crippen LogP contribution in [0, 0.1) is 11.8 Å². The molecule has 1 amide bonds. The lowest BCUT2D eigenvalue weighted by molar-refractivity contribution is -0.134. The lowest BCUT2D eigenvalue weighted by Crippen LogP contribution is -2.44. The van der Waals surface area contributed by atoms with Crippen molar-refractivity contribution in [2.24, 2.45) is 11.8 Å². The molecule has 2 aliphatic rings. The molecule has 146 valence electrons. The maximum absolute atomic E-state index is 12.6. The van der Waals surface area contributed by atoms with E-state index in [0.717, 1.165) is 32.1 Å². The van der Waals surface area contributed by atoms with Crippen molar-refractivity contribution in [3.05, 3.63) is 0 Å². The van der Waals surface area contributed by atoms with Crippen LogP contribution in [0.4, 0.5) is 0 Å². The number of hydrogen-bond acceptors (Lipinski definition) is 4. The number of β-amino-alcohol motifs (C(OH)–C–C–N with tert-alkyl or cyclic N) is 1. The quantitative estimate of drug-likeness (QED) is 0.737. The van der Waals surface area contributed by atoms with Gasteiger partial charge in [-0.15, -0.1) is 0 Å². The largest absolute Gasteiger partial charge is 0.391 e. The van der Waals surface area contributed by atoms with Crippen LogP contribution >= 0.6 is 0 Å². The Bertz CT molecular complexity index is 537. The van der Waals surface area contributed by atoms with Crippen molar-refractivity contribution < 1.29 is 18.3 Å². The highest BCUT2D eigenvalue weighted by molar-refractivity contribution is 7.89. The van der Waals surface area contributed by atoms with E-state index in [1.54, 1.807) is 9.21 Å². The van der Waals surface area contributed by atoms with E-state index < -0.39 is 16.1 Å². The molecule has 0 aromatic carbocycles. The van der Waals surface area contributed by atoms with Gasteiger partial charge in [0.2, 0.25) is 15.9 Å². The van der Waals surface area contributed by atoms with Gasteiger partial charge in [-0.05, 0) is 37.5 Å². The molecule has 1 N–H and O–H groups in total. The molecular formula is C18H34N2O4S. The molecule has 7 heteroatoms. The Morgan fingerprint density at radius 3 is 2.44 bits per heavy atom. The molecule has 3 atom stereocenters. The van der Waals surface area contributed by atoms with Gasteiger partial charge in [0, 0.05) is 32.6 Å². The van der Waals surface area contributed by atoms with Crippen molar-refractivity contribution in [3.63, 3.8) is 0 Å². The van der Waals surface area contributed by atoms with E-state index in [2.05, 4.69) is 13.8 Å². The summed E-state index contributed by atoms with van der Waals surface area (Å²) in [7, 11) is -3.28. The SMILES string of the molecule is CCC1CCN(S(=O)(=O)CCCC(=O)N2CCC[C@@H](O)C2)CC1CC. The van der Waals surface area contributed by atoms with Gasteiger partial charge in [0.15, 0.2) is 0 Å². The van der Waals surface area contributed by atoms with Gasteiger partial charge in [-0.3, -0.25) is 4.79 Å². The Labute approximate surface area is 152 Å². The van der Waals surface area contributed by atoms with Gasteiger partial charge >= 0.3 is 0 Å². The van der Waals surface area contributed by atoms with Crippen LogP contribution in [0.3, 0.4) is 0 Å². The highest BCUT2D eigenvalue weighted by Crippen LogP contribution is 2.30. The fourth-order valence-electron chi connectivity index (χ4n) is 4.17. The number of carbonyl (C=O) groups is 1. The zero-order valence-electron chi connectivity index (χ0n) is 15.7. The number of carbonyl (C=O) groups excluding carboxylic acids is 1. The van der Waals surface area contributed by atoms with Crippen LogP contribution in [-0.4, -0.2) is 66.7 Å². The summed E-state index contributed by atoms with van der Waals surface area (Å²) in [5.74, 6) is 1.08. The van der Waals surface area contributed by atoms with Crippen molar-refractivity contribution in [1.29, 1.82) is 0 Å². The van der Waals surface area contributed by atoms with Crippen molar-refractivity contribution in [2.75, 3.05) is 31.9 Å². The summed E-state index contributed by atoms with van der Waals surface area (Å²) in [5.41, 5.74) is 0. The third-order valence-electron chi connectivity index (χ3n) is 5.84. The number of sulfonamides is 1. The molecule has 6 nitrogen and oxygen atoms in total. The van der Waals surface area contributed by atoms with Gasteiger partial charge in [-0.25, -0.2) is 12.7 Å². The zero-order valence-corrected chi connectivity index (χ0v) is 16.5. The van der Waals surface area contributed by atoms with E-state index in [0.29, 0.717) is 44.4 Å². The third kappa shape index (κ3) is 5.66. The molecule has 25 heavy (non-hydrogen) atoms. The lowest BCUT2D eigenvalue weighted by atomic mass is 9.83. The summed E-state index contributed by atoms with van der Waals surface area (Å²) < 4.78 is 26.9. The molecule has 2 aliphatic heterocycles. The Kier molecular flexibility index (Phi) is 7.70. The van der Waals surface area contributed by atoms with Crippen LogP contribution in [0.25, 0.3) is 0 Å². The van der Waals surface area contributed by atoms with E-state index >= 15 is 0 Å². The van der Waals surface area contributed by atoms with Crippen LogP contribution in [0.2, 0.25) is 0 Å². The van der Waals surface area contributed by atoms with Crippen LogP contribution in [-0.2, 0) is 14.8 Å². The van der Waals surface area contributed by atoms with Crippen molar-refractivity contribution in [1.82, 2.24) is 9.21 Å². The van der Waals surface area contributed by atoms with Crippen LogP contribution in [0.15, 0.2) is 0 Å². The summed E-state index contributed by atoms with van der Waals surface area (Å²) >= 11 is 0. The molecule has 2 saturated heterocycles. The number of aliphatic hydroxyl groups excluding tert-OH is 1. The molecule has 0 spiro atoms. The van der Waals surface area contributed by atoms with E-state index in [1.165, 1.54) is 0 Å². The monoisotopic (exact) mass is 374 g/mol. The summed E-state index contributed by atoms with van der Waals surface area (Å²) in [5, 5.41) is 9.65. The fourth-order valence-corrected chi connectivity index (χ4v) is 5.74. The summed E-state index contributed by atoms with van der Waals surface area (Å²) in [6, 6.07) is 0. The number of likely N-dealkylation sites (tertiary alicyclic amines) is 1.